The van der Waals surface area contributed by atoms with Crippen molar-refractivity contribution in [1.29, 1.82) is 0 Å². The minimum atomic E-state index is 0.0230. The summed E-state index contributed by atoms with van der Waals surface area (Å²) in [6, 6.07) is 0. The van der Waals surface area contributed by atoms with Gasteiger partial charge in [-0.1, -0.05) is 0 Å². The summed E-state index contributed by atoms with van der Waals surface area (Å²) >= 11 is 0. The quantitative estimate of drug-likeness (QED) is 0.224. The number of hydrogen-bond donors (Lipinski definition) is 3. The molecular weight excluding hydrogens is 200 g/mol. The van der Waals surface area contributed by atoms with Crippen LogP contribution in [0.3, 0.4) is 0 Å². The standard InChI is InChI=1S/C9H20N4O2/c1-12-4-6-13(7-5-12)8-9(14)10-2-3-11-15/h11,15H,2-8H2,1H3,(H,10,14)/i8+1,9+1,14+2. The van der Waals surface area contributed by atoms with Crippen molar-refractivity contribution in [1.82, 2.24) is 20.6 Å². The third-order valence-electron chi connectivity index (χ3n) is 2.52. The van der Waals surface area contributed by atoms with Crippen LogP contribution >= 0.6 is 0 Å². The summed E-state index contributed by atoms with van der Waals surface area (Å²) in [6.45, 7) is 5.23. The largest absolute Gasteiger partial charge is 0.354 e. The van der Waals surface area contributed by atoms with Crippen LogP contribution in [0.2, 0.25) is 0 Å². The lowest BCUT2D eigenvalue weighted by atomic mass is 10.4. The molecule has 0 aromatic rings. The maximum absolute atomic E-state index is 11.4. The average Bonchev–Trinajstić information content (AvgIpc) is 2.22. The molecule has 6 nitrogen and oxygen atoms in total. The second-order valence-corrected chi connectivity index (χ2v) is 3.84. The Labute approximate surface area is 90.2 Å². The van der Waals surface area contributed by atoms with Crippen molar-refractivity contribution >= 4 is 5.91 Å². The van der Waals surface area contributed by atoms with Gasteiger partial charge in [-0.15, -0.1) is 0 Å². The van der Waals surface area contributed by atoms with E-state index in [9.17, 15) is 4.79 Å². The highest BCUT2D eigenvalue weighted by Crippen LogP contribution is 1.97. The molecule has 88 valence electrons. The van der Waals surface area contributed by atoms with Gasteiger partial charge in [-0.2, -0.15) is 0 Å². The van der Waals surface area contributed by atoms with Gasteiger partial charge in [-0.25, -0.2) is 5.48 Å². The van der Waals surface area contributed by atoms with Crippen molar-refractivity contribution in [2.24, 2.45) is 0 Å². The van der Waals surface area contributed by atoms with Crippen molar-refractivity contribution in [3.05, 3.63) is 0 Å². The lowest BCUT2D eigenvalue weighted by molar-refractivity contribution is -0.122. The normalized spacial score (nSPS) is 19.1. The SMILES string of the molecule is CN1CCN([13CH2][13C](=[18O])NCCNO)CC1. The summed E-state index contributed by atoms with van der Waals surface area (Å²) in [5.41, 5.74) is 2.00. The molecule has 0 saturated carbocycles. The number of amides is 1. The van der Waals surface area contributed by atoms with Gasteiger partial charge in [-0.3, -0.25) is 9.69 Å². The predicted octanol–water partition coefficient (Wildman–Crippen LogP) is -1.67. The Bertz CT molecular complexity index is 193. The third-order valence-corrected chi connectivity index (χ3v) is 2.52. The molecule has 1 fully saturated rings. The fourth-order valence-electron chi connectivity index (χ4n) is 1.52. The molecule has 0 atom stereocenters. The highest BCUT2D eigenvalue weighted by molar-refractivity contribution is 5.78. The number of hydroxylamine groups is 1. The van der Waals surface area contributed by atoms with Crippen molar-refractivity contribution in [3.63, 3.8) is 0 Å². The molecule has 3 N–H and O–H groups in total. The van der Waals surface area contributed by atoms with Gasteiger partial charge in [0.1, 0.15) is 0 Å². The molecular formula is C9H20N4O2. The molecule has 15 heavy (non-hydrogen) atoms. The Kier molecular flexibility index (Phi) is 5.56. The lowest BCUT2D eigenvalue weighted by Gasteiger charge is -2.31. The van der Waals surface area contributed by atoms with E-state index in [4.69, 9.17) is 5.21 Å². The zero-order valence-electron chi connectivity index (χ0n) is 9.20. The van der Waals surface area contributed by atoms with E-state index in [0.29, 0.717) is 19.6 Å². The lowest BCUT2D eigenvalue weighted by Crippen LogP contribution is -2.48. The van der Waals surface area contributed by atoms with E-state index in [-0.39, 0.29) is 5.91 Å². The highest BCUT2D eigenvalue weighted by atomic mass is 18.1. The highest BCUT2D eigenvalue weighted by Gasteiger charge is 2.15. The van der Waals surface area contributed by atoms with Crippen molar-refractivity contribution < 1.29 is 10.0 Å². The zero-order chi connectivity index (χ0) is 11.1. The summed E-state index contributed by atoms with van der Waals surface area (Å²) in [5.74, 6) is 0.0230. The van der Waals surface area contributed by atoms with Gasteiger partial charge in [0, 0.05) is 39.3 Å². The Morgan fingerprint density at radius 1 is 1.27 bits per heavy atom. The number of nitrogens with zero attached hydrogens (tertiary/aromatic N) is 2. The van der Waals surface area contributed by atoms with E-state index in [1.165, 1.54) is 0 Å². The summed E-state index contributed by atoms with van der Waals surface area (Å²) in [4.78, 5) is 15.8. The molecule has 0 radical (unpaired) electrons. The number of likely N-dealkylation sites (N-methyl/N-ethyl adjacent to an activating group) is 1. The molecule has 1 heterocycles. The Hall–Kier alpha value is -0.690. The number of piperazine rings is 1. The van der Waals surface area contributed by atoms with Gasteiger partial charge in [0.15, 0.2) is 0 Å². The first-order valence-electron chi connectivity index (χ1n) is 5.27. The van der Waals surface area contributed by atoms with Crippen molar-refractivity contribution in [3.8, 4) is 0 Å². The molecule has 1 aliphatic rings. The minimum absolute atomic E-state index is 0.0230. The first kappa shape index (κ1) is 12.4. The topological polar surface area (TPSA) is 67.8 Å². The van der Waals surface area contributed by atoms with Crippen LogP contribution in [-0.4, -0.2) is 73.8 Å². The number of carbonyl (C=O) groups excluding carboxylic acids is 1. The molecule has 1 aliphatic heterocycles. The molecule has 0 aromatic heterocycles. The molecule has 0 unspecified atom stereocenters. The van der Waals surface area contributed by atoms with Crippen LogP contribution in [0.25, 0.3) is 0 Å². The first-order chi connectivity index (χ1) is 7.22. The van der Waals surface area contributed by atoms with Crippen LogP contribution < -0.4 is 10.8 Å². The summed E-state index contributed by atoms with van der Waals surface area (Å²) in [6.07, 6.45) is 0. The number of nitrogens with one attached hydrogen (secondary N) is 2. The zero-order valence-corrected chi connectivity index (χ0v) is 9.20. The average molecular weight is 220 g/mol. The summed E-state index contributed by atoms with van der Waals surface area (Å²) in [5, 5.41) is 11.0. The van der Waals surface area contributed by atoms with Crippen LogP contribution in [0.15, 0.2) is 0 Å². The maximum Gasteiger partial charge on any atom is 0.234 e. The molecule has 6 heteroatoms. The van der Waals surface area contributed by atoms with Crippen LogP contribution in [0.1, 0.15) is 0 Å². The van der Waals surface area contributed by atoms with Gasteiger partial charge >= 0.3 is 0 Å². The monoisotopic (exact) mass is 220 g/mol. The van der Waals surface area contributed by atoms with E-state index in [2.05, 4.69) is 22.2 Å². The van der Waals surface area contributed by atoms with Gasteiger partial charge < -0.3 is 15.4 Å². The fraction of sp³-hybridized carbons (Fsp3) is 0.889. The second-order valence-electron chi connectivity index (χ2n) is 3.84. The number of rotatable bonds is 5. The second kappa shape index (κ2) is 6.73. The maximum atomic E-state index is 11.4. The number of carbonyl (C=O) groups is 1. The summed E-state index contributed by atoms with van der Waals surface area (Å²) < 4.78 is 0. The van der Waals surface area contributed by atoms with Crippen LogP contribution in [0.5, 0.6) is 0 Å². The molecule has 0 bridgehead atoms. The van der Waals surface area contributed by atoms with E-state index >= 15 is 0 Å². The smallest absolute Gasteiger partial charge is 0.234 e. The van der Waals surface area contributed by atoms with Crippen molar-refractivity contribution in [2.75, 3.05) is 52.9 Å². The molecule has 1 rings (SSSR count). The predicted molar refractivity (Wildman–Crippen MR) is 56.7 cm³/mol. The van der Waals surface area contributed by atoms with E-state index in [0.717, 1.165) is 26.2 Å². The minimum Gasteiger partial charge on any atom is -0.354 e. The van der Waals surface area contributed by atoms with Crippen molar-refractivity contribution in [2.45, 2.75) is 0 Å². The molecule has 0 aliphatic carbocycles. The van der Waals surface area contributed by atoms with Crippen LogP contribution in [-0.2, 0) is 4.79 Å². The fourth-order valence-corrected chi connectivity index (χ4v) is 1.52. The number of hydrogen-bond acceptors (Lipinski definition) is 5. The van der Waals surface area contributed by atoms with Gasteiger partial charge in [0.2, 0.25) is 5.91 Å². The molecule has 0 spiro atoms. The first-order valence-corrected chi connectivity index (χ1v) is 5.27. The summed E-state index contributed by atoms with van der Waals surface area (Å²) in [7, 11) is 2.09. The van der Waals surface area contributed by atoms with E-state index in [1.807, 2.05) is 5.48 Å². The van der Waals surface area contributed by atoms with Crippen LogP contribution in [0, 0.1) is 0 Å². The van der Waals surface area contributed by atoms with Gasteiger partial charge in [0.25, 0.3) is 0 Å². The molecule has 1 saturated heterocycles. The van der Waals surface area contributed by atoms with Crippen LogP contribution in [0.4, 0.5) is 0 Å². The Morgan fingerprint density at radius 2 is 1.93 bits per heavy atom. The van der Waals surface area contributed by atoms with Gasteiger partial charge in [-0.05, 0) is 7.05 Å². The van der Waals surface area contributed by atoms with E-state index in [1.54, 1.807) is 0 Å². The van der Waals surface area contributed by atoms with Gasteiger partial charge in [0.05, 0.1) is 6.54 Å². The third kappa shape index (κ3) is 5.08. The molecule has 0 aromatic carbocycles. The Balaban J connectivity index is 2.09. The Morgan fingerprint density at radius 3 is 2.53 bits per heavy atom. The van der Waals surface area contributed by atoms with E-state index < -0.39 is 0 Å². The molecule has 1 amide bonds.